The number of nitrogens with zero attached hydrogens (tertiary/aromatic N) is 4. The van der Waals surface area contributed by atoms with Crippen LogP contribution in [-0.4, -0.2) is 20.0 Å². The van der Waals surface area contributed by atoms with E-state index in [0.29, 0.717) is 5.92 Å². The van der Waals surface area contributed by atoms with Crippen molar-refractivity contribution in [3.63, 3.8) is 0 Å². The van der Waals surface area contributed by atoms with Crippen molar-refractivity contribution in [2.24, 2.45) is 0 Å². The first-order valence-corrected chi connectivity index (χ1v) is 5.02. The molecule has 78 valence electrons. The Morgan fingerprint density at radius 2 is 2.13 bits per heavy atom. The molecule has 2 heterocycles. The maximum atomic E-state index is 4.27. The van der Waals surface area contributed by atoms with Crippen LogP contribution in [-0.2, 0) is 0 Å². The van der Waals surface area contributed by atoms with Crippen molar-refractivity contribution in [2.75, 3.05) is 0 Å². The van der Waals surface area contributed by atoms with E-state index in [4.69, 9.17) is 0 Å². The highest BCUT2D eigenvalue weighted by Crippen LogP contribution is 2.15. The molecule has 2 aromatic rings. The molecule has 0 saturated carbocycles. The van der Waals surface area contributed by atoms with Gasteiger partial charge in [-0.25, -0.2) is 9.67 Å². The van der Waals surface area contributed by atoms with Gasteiger partial charge in [0.05, 0.1) is 11.9 Å². The van der Waals surface area contributed by atoms with E-state index < -0.39 is 0 Å². The van der Waals surface area contributed by atoms with Crippen LogP contribution in [0.2, 0.25) is 0 Å². The minimum absolute atomic E-state index is 0.497. The highest BCUT2D eigenvalue weighted by molar-refractivity contribution is 5.28. The molecule has 0 fully saturated rings. The van der Waals surface area contributed by atoms with E-state index in [2.05, 4.69) is 29.1 Å². The average molecular weight is 202 g/mol. The van der Waals surface area contributed by atoms with Crippen LogP contribution in [0.4, 0.5) is 0 Å². The van der Waals surface area contributed by atoms with Crippen molar-refractivity contribution in [1.29, 1.82) is 0 Å². The summed E-state index contributed by atoms with van der Waals surface area (Å²) in [7, 11) is 0. The Bertz CT molecular complexity index is 459. The fraction of sp³-hybridized carbons (Fsp3) is 0.364. The van der Waals surface area contributed by atoms with Crippen LogP contribution in [0.25, 0.3) is 5.82 Å². The van der Waals surface area contributed by atoms with E-state index in [9.17, 15) is 0 Å². The molecule has 0 amide bonds. The molecule has 0 aliphatic heterocycles. The van der Waals surface area contributed by atoms with Crippen LogP contribution < -0.4 is 0 Å². The molecule has 0 unspecified atom stereocenters. The lowest BCUT2D eigenvalue weighted by Crippen LogP contribution is -2.00. The second-order valence-electron chi connectivity index (χ2n) is 3.91. The third-order valence-electron chi connectivity index (χ3n) is 2.28. The van der Waals surface area contributed by atoms with E-state index >= 15 is 0 Å². The molecule has 15 heavy (non-hydrogen) atoms. The number of pyridine rings is 1. The van der Waals surface area contributed by atoms with E-state index in [1.807, 2.05) is 31.5 Å². The Morgan fingerprint density at radius 3 is 2.73 bits per heavy atom. The first-order chi connectivity index (χ1) is 7.16. The third kappa shape index (κ3) is 2.03. The number of hydrogen-bond acceptors (Lipinski definition) is 3. The minimum Gasteiger partial charge on any atom is -0.237 e. The largest absolute Gasteiger partial charge is 0.237 e. The van der Waals surface area contributed by atoms with Crippen molar-refractivity contribution in [3.8, 4) is 5.82 Å². The predicted molar refractivity (Wildman–Crippen MR) is 58.0 cm³/mol. The van der Waals surface area contributed by atoms with Crippen molar-refractivity contribution in [3.05, 3.63) is 35.8 Å². The van der Waals surface area contributed by atoms with Gasteiger partial charge in [-0.1, -0.05) is 19.1 Å². The Balaban J connectivity index is 2.41. The van der Waals surface area contributed by atoms with Crippen LogP contribution in [0.1, 0.15) is 31.0 Å². The minimum atomic E-state index is 0.497. The highest BCUT2D eigenvalue weighted by atomic mass is 15.4. The summed E-state index contributed by atoms with van der Waals surface area (Å²) in [6.07, 6.45) is 3.67. The van der Waals surface area contributed by atoms with Gasteiger partial charge in [-0.15, -0.1) is 5.10 Å². The zero-order valence-corrected chi connectivity index (χ0v) is 9.18. The summed E-state index contributed by atoms with van der Waals surface area (Å²) in [6.45, 7) is 6.23. The molecule has 0 spiro atoms. The van der Waals surface area contributed by atoms with Gasteiger partial charge in [-0.3, -0.25) is 0 Å². The van der Waals surface area contributed by atoms with Crippen LogP contribution in [0.15, 0.2) is 24.5 Å². The van der Waals surface area contributed by atoms with Gasteiger partial charge in [0.2, 0.25) is 0 Å². The van der Waals surface area contributed by atoms with Gasteiger partial charge in [-0.05, 0) is 30.5 Å². The normalized spacial score (nSPS) is 10.9. The van der Waals surface area contributed by atoms with Crippen LogP contribution >= 0.6 is 0 Å². The fourth-order valence-electron chi connectivity index (χ4n) is 1.38. The summed E-state index contributed by atoms with van der Waals surface area (Å²) in [5, 5.41) is 7.93. The van der Waals surface area contributed by atoms with Crippen LogP contribution in [0.5, 0.6) is 0 Å². The van der Waals surface area contributed by atoms with Crippen molar-refractivity contribution in [1.82, 2.24) is 20.0 Å². The summed E-state index contributed by atoms with van der Waals surface area (Å²) in [5.41, 5.74) is 2.15. The first-order valence-electron chi connectivity index (χ1n) is 5.02. The van der Waals surface area contributed by atoms with Crippen molar-refractivity contribution in [2.45, 2.75) is 26.7 Å². The molecule has 0 atom stereocenters. The Kier molecular flexibility index (Phi) is 2.49. The lowest BCUT2D eigenvalue weighted by molar-refractivity contribution is 0.771. The monoisotopic (exact) mass is 202 g/mol. The molecule has 2 aromatic heterocycles. The van der Waals surface area contributed by atoms with E-state index in [0.717, 1.165) is 11.5 Å². The third-order valence-corrected chi connectivity index (χ3v) is 2.28. The number of rotatable bonds is 2. The Hall–Kier alpha value is -1.71. The smallest absolute Gasteiger partial charge is 0.155 e. The van der Waals surface area contributed by atoms with Gasteiger partial charge >= 0.3 is 0 Å². The van der Waals surface area contributed by atoms with Gasteiger partial charge in [0.25, 0.3) is 0 Å². The van der Waals surface area contributed by atoms with E-state index in [1.165, 1.54) is 5.56 Å². The molecule has 0 saturated heterocycles. The summed E-state index contributed by atoms with van der Waals surface area (Å²) in [6, 6.07) is 4.07. The van der Waals surface area contributed by atoms with Gasteiger partial charge in [-0.2, -0.15) is 0 Å². The van der Waals surface area contributed by atoms with Crippen molar-refractivity contribution < 1.29 is 0 Å². The first kappa shape index (κ1) is 9.83. The molecular weight excluding hydrogens is 188 g/mol. The number of aryl methyl sites for hydroxylation is 1. The highest BCUT2D eigenvalue weighted by Gasteiger charge is 2.04. The lowest BCUT2D eigenvalue weighted by Gasteiger charge is -2.06. The summed E-state index contributed by atoms with van der Waals surface area (Å²) in [4.78, 5) is 4.27. The molecule has 0 N–H and O–H groups in total. The lowest BCUT2D eigenvalue weighted by atomic mass is 10.1. The zero-order chi connectivity index (χ0) is 10.8. The summed E-state index contributed by atoms with van der Waals surface area (Å²) < 4.78 is 1.70. The topological polar surface area (TPSA) is 43.6 Å². The fourth-order valence-corrected chi connectivity index (χ4v) is 1.38. The van der Waals surface area contributed by atoms with E-state index in [-0.39, 0.29) is 0 Å². The van der Waals surface area contributed by atoms with Gasteiger partial charge < -0.3 is 0 Å². The second-order valence-corrected chi connectivity index (χ2v) is 3.91. The molecule has 0 bridgehead atoms. The molecule has 4 nitrogen and oxygen atoms in total. The zero-order valence-electron chi connectivity index (χ0n) is 9.18. The Morgan fingerprint density at radius 1 is 1.33 bits per heavy atom. The standard InChI is InChI=1S/C11H14N4/c1-8(2)10-4-5-12-11(6-10)15-7-9(3)13-14-15/h4-8H,1-3H3. The van der Waals surface area contributed by atoms with Crippen LogP contribution in [0, 0.1) is 6.92 Å². The van der Waals surface area contributed by atoms with E-state index in [1.54, 1.807) is 4.68 Å². The Labute approximate surface area is 89.0 Å². The molecule has 0 aliphatic rings. The molecule has 0 aliphatic carbocycles. The number of aromatic nitrogens is 4. The number of hydrogen-bond donors (Lipinski definition) is 0. The summed E-state index contributed by atoms with van der Waals surface area (Å²) >= 11 is 0. The predicted octanol–water partition coefficient (Wildman–Crippen LogP) is 2.09. The van der Waals surface area contributed by atoms with Crippen LogP contribution in [0.3, 0.4) is 0 Å². The summed E-state index contributed by atoms with van der Waals surface area (Å²) in [5.74, 6) is 1.32. The molecule has 0 radical (unpaired) electrons. The SMILES string of the molecule is Cc1cn(-c2cc(C(C)C)ccn2)nn1. The molecular formula is C11H14N4. The van der Waals surface area contributed by atoms with Gasteiger partial charge in [0.1, 0.15) is 0 Å². The van der Waals surface area contributed by atoms with Crippen molar-refractivity contribution >= 4 is 0 Å². The average Bonchev–Trinajstić information content (AvgIpc) is 2.65. The quantitative estimate of drug-likeness (QED) is 0.749. The maximum absolute atomic E-state index is 4.27. The van der Waals surface area contributed by atoms with Gasteiger partial charge in [0.15, 0.2) is 5.82 Å². The second kappa shape index (κ2) is 3.81. The molecule has 2 rings (SSSR count). The molecule has 0 aromatic carbocycles. The maximum Gasteiger partial charge on any atom is 0.155 e. The van der Waals surface area contributed by atoms with Gasteiger partial charge in [0, 0.05) is 6.20 Å². The molecule has 4 heteroatoms.